The molecule has 0 bridgehead atoms. The van der Waals surface area contributed by atoms with Crippen molar-refractivity contribution in [1.29, 1.82) is 0 Å². The SMILES string of the molecule is CC(=O)OC(C=CC1=[N+](CCCCS(=O)(=O)O)c2ccc3ccccc3c2C1(C)C)=CC=CC=C1N(CCCCS(=O)(=O)O)c2ccc3ccccc3c2C1(C)C. The Morgan fingerprint density at radius 1 is 0.754 bits per heavy atom. The zero-order chi connectivity index (χ0) is 41.2. The Morgan fingerprint density at radius 3 is 1.98 bits per heavy atom. The van der Waals surface area contributed by atoms with Crippen molar-refractivity contribution in [3.63, 3.8) is 0 Å². The maximum absolute atomic E-state index is 12.3. The number of allylic oxidation sites excluding steroid dienone is 7. The van der Waals surface area contributed by atoms with Gasteiger partial charge < -0.3 is 9.64 Å². The summed E-state index contributed by atoms with van der Waals surface area (Å²) in [6.45, 7) is 11.1. The van der Waals surface area contributed by atoms with E-state index in [9.17, 15) is 30.7 Å². The molecule has 0 unspecified atom stereocenters. The van der Waals surface area contributed by atoms with Crippen LogP contribution in [0.4, 0.5) is 11.4 Å². The van der Waals surface area contributed by atoms with Gasteiger partial charge in [-0.1, -0.05) is 80.6 Å². The highest BCUT2D eigenvalue weighted by molar-refractivity contribution is 7.86. The Labute approximate surface area is 336 Å². The number of hydrogen-bond donors (Lipinski definition) is 2. The molecule has 4 aromatic rings. The van der Waals surface area contributed by atoms with Crippen LogP contribution in [0.15, 0.2) is 121 Å². The van der Waals surface area contributed by atoms with E-state index in [2.05, 4.69) is 85.7 Å². The number of unbranched alkanes of at least 4 members (excludes halogenated alkanes) is 2. The highest BCUT2D eigenvalue weighted by atomic mass is 32.2. The van der Waals surface area contributed by atoms with Gasteiger partial charge in [-0.25, -0.2) is 0 Å². The number of nitrogens with zero attached hydrogens (tertiary/aromatic N) is 2. The van der Waals surface area contributed by atoms with Crippen molar-refractivity contribution in [3.8, 4) is 0 Å². The molecule has 4 aromatic carbocycles. The second-order valence-electron chi connectivity index (χ2n) is 15.7. The Hall–Kier alpha value is -4.88. The first-order valence-electron chi connectivity index (χ1n) is 19.2. The number of hydrogen-bond acceptors (Lipinski definition) is 7. The zero-order valence-corrected chi connectivity index (χ0v) is 34.7. The summed E-state index contributed by atoms with van der Waals surface area (Å²) in [6.07, 6.45) is 12.9. The smallest absolute Gasteiger partial charge is 0.308 e. The van der Waals surface area contributed by atoms with Crippen LogP contribution >= 0.6 is 0 Å². The van der Waals surface area contributed by atoms with Gasteiger partial charge in [-0.05, 0) is 90.6 Å². The lowest BCUT2D eigenvalue weighted by Crippen LogP contribution is -2.28. The molecular formula is C45H51N2O8S2+. The number of anilines is 1. The fraction of sp³-hybridized carbons (Fsp3) is 0.333. The first-order valence-corrected chi connectivity index (χ1v) is 22.4. The topological polar surface area (TPSA) is 141 Å². The van der Waals surface area contributed by atoms with Gasteiger partial charge in [0.25, 0.3) is 20.2 Å². The largest absolute Gasteiger partial charge is 0.427 e. The normalized spacial score (nSPS) is 17.4. The lowest BCUT2D eigenvalue weighted by Gasteiger charge is -2.27. The average Bonchev–Trinajstić information content (AvgIpc) is 3.49. The van der Waals surface area contributed by atoms with Crippen LogP contribution in [-0.4, -0.2) is 66.8 Å². The summed E-state index contributed by atoms with van der Waals surface area (Å²) < 4.78 is 72.3. The third kappa shape index (κ3) is 9.31. The van der Waals surface area contributed by atoms with E-state index in [-0.39, 0.29) is 11.5 Å². The van der Waals surface area contributed by atoms with Crippen molar-refractivity contribution >= 4 is 64.8 Å². The lowest BCUT2D eigenvalue weighted by molar-refractivity contribution is -0.438. The number of benzene rings is 4. The van der Waals surface area contributed by atoms with E-state index >= 15 is 0 Å². The number of ether oxygens (including phenoxy) is 1. The average molecular weight is 812 g/mol. The molecule has 6 rings (SSSR count). The monoisotopic (exact) mass is 811 g/mol. The molecule has 300 valence electrons. The van der Waals surface area contributed by atoms with Crippen molar-refractivity contribution in [2.24, 2.45) is 0 Å². The molecule has 10 nitrogen and oxygen atoms in total. The van der Waals surface area contributed by atoms with E-state index in [1.54, 1.807) is 12.2 Å². The first kappa shape index (κ1) is 41.7. The summed E-state index contributed by atoms with van der Waals surface area (Å²) in [4.78, 5) is 14.6. The van der Waals surface area contributed by atoms with Crippen molar-refractivity contribution < 1.29 is 40.0 Å². The predicted molar refractivity (Wildman–Crippen MR) is 229 cm³/mol. The minimum absolute atomic E-state index is 0.296. The Morgan fingerprint density at radius 2 is 1.35 bits per heavy atom. The molecule has 0 aromatic heterocycles. The molecule has 0 aliphatic carbocycles. The molecule has 2 aliphatic rings. The van der Waals surface area contributed by atoms with Gasteiger partial charge in [0.1, 0.15) is 12.3 Å². The van der Waals surface area contributed by atoms with Gasteiger partial charge in [-0.15, -0.1) is 0 Å². The van der Waals surface area contributed by atoms with Gasteiger partial charge in [0.2, 0.25) is 5.69 Å². The predicted octanol–water partition coefficient (Wildman–Crippen LogP) is 8.95. The molecule has 0 fully saturated rings. The van der Waals surface area contributed by atoms with Crippen LogP contribution in [0.3, 0.4) is 0 Å². The standard InChI is InChI=1S/C45H50N2O8S2/c1-32(48)55-35(24-27-41-45(4,5)43-37-20-10-7-17-34(37)23-26-39(43)47(41)29-13-15-31-57(52,53)54)18-8-11-21-40-44(2,3)42-36-19-9-6-16-33(36)22-25-38(42)46(40)28-12-14-30-56(49,50)51/h6-11,16-27H,12-15,28-31H2,1-5H3,(H-,49,50,51,52,53,54)/p+1. The van der Waals surface area contributed by atoms with Crippen LogP contribution in [-0.2, 0) is 40.6 Å². The Balaban J connectivity index is 1.34. The molecule has 0 amide bonds. The summed E-state index contributed by atoms with van der Waals surface area (Å²) in [5, 5.41) is 4.51. The van der Waals surface area contributed by atoms with Crippen LogP contribution in [0.1, 0.15) is 71.4 Å². The fourth-order valence-corrected chi connectivity index (χ4v) is 9.55. The van der Waals surface area contributed by atoms with Crippen LogP contribution < -0.4 is 4.90 Å². The number of fused-ring (bicyclic) bond motifs is 6. The minimum atomic E-state index is -4.07. The molecule has 57 heavy (non-hydrogen) atoms. The molecule has 0 radical (unpaired) electrons. The van der Waals surface area contributed by atoms with E-state index in [1.165, 1.54) is 12.5 Å². The summed E-state index contributed by atoms with van der Waals surface area (Å²) >= 11 is 0. The maximum Gasteiger partial charge on any atom is 0.308 e. The summed E-state index contributed by atoms with van der Waals surface area (Å²) in [7, 11) is -8.13. The number of carbonyl (C=O) groups excluding carboxylic acids is 1. The van der Waals surface area contributed by atoms with Gasteiger partial charge in [-0.3, -0.25) is 13.9 Å². The second-order valence-corrected chi connectivity index (χ2v) is 18.9. The van der Waals surface area contributed by atoms with Crippen molar-refractivity contribution in [2.75, 3.05) is 29.5 Å². The van der Waals surface area contributed by atoms with Crippen molar-refractivity contribution in [3.05, 3.63) is 132 Å². The molecular weight excluding hydrogens is 761 g/mol. The highest BCUT2D eigenvalue weighted by Crippen LogP contribution is 2.51. The van der Waals surface area contributed by atoms with Crippen LogP contribution in [0.25, 0.3) is 21.5 Å². The lowest BCUT2D eigenvalue weighted by atomic mass is 9.79. The maximum atomic E-state index is 12.3. The van der Waals surface area contributed by atoms with Gasteiger partial charge in [0, 0.05) is 54.4 Å². The zero-order valence-electron chi connectivity index (χ0n) is 33.1. The molecule has 2 aliphatic heterocycles. The molecule has 2 N–H and O–H groups in total. The van der Waals surface area contributed by atoms with E-state index < -0.39 is 37.0 Å². The summed E-state index contributed by atoms with van der Waals surface area (Å²) in [5.41, 5.74) is 5.51. The van der Waals surface area contributed by atoms with Gasteiger partial charge in [0.15, 0.2) is 5.71 Å². The molecule has 2 heterocycles. The molecule has 0 saturated carbocycles. The molecule has 12 heteroatoms. The van der Waals surface area contributed by atoms with Gasteiger partial charge >= 0.3 is 5.97 Å². The van der Waals surface area contributed by atoms with E-state index in [4.69, 9.17) is 4.74 Å². The third-order valence-electron chi connectivity index (χ3n) is 10.9. The van der Waals surface area contributed by atoms with Crippen molar-refractivity contribution in [2.45, 2.75) is 71.1 Å². The van der Waals surface area contributed by atoms with Gasteiger partial charge in [0.05, 0.1) is 16.9 Å². The number of esters is 1. The molecule has 0 spiro atoms. The summed E-state index contributed by atoms with van der Waals surface area (Å²) in [6, 6.07) is 24.8. The van der Waals surface area contributed by atoms with Crippen LogP contribution in [0.5, 0.6) is 0 Å². The molecule has 0 saturated heterocycles. The van der Waals surface area contributed by atoms with E-state index in [1.807, 2.05) is 48.6 Å². The van der Waals surface area contributed by atoms with Gasteiger partial charge in [-0.2, -0.15) is 21.4 Å². The quantitative estimate of drug-likeness (QED) is 0.0301. The Kier molecular flexibility index (Phi) is 12.1. The Bertz CT molecular complexity index is 2600. The highest BCUT2D eigenvalue weighted by Gasteiger charge is 2.45. The number of rotatable bonds is 15. The van der Waals surface area contributed by atoms with Crippen LogP contribution in [0.2, 0.25) is 0 Å². The molecule has 0 atom stereocenters. The van der Waals surface area contributed by atoms with Crippen LogP contribution in [0, 0.1) is 0 Å². The number of carbonyl (C=O) groups is 1. The summed E-state index contributed by atoms with van der Waals surface area (Å²) in [5.74, 6) is -0.752. The minimum Gasteiger partial charge on any atom is -0.427 e. The van der Waals surface area contributed by atoms with E-state index in [0.717, 1.165) is 49.9 Å². The first-order chi connectivity index (χ1) is 26.9. The van der Waals surface area contributed by atoms with Crippen molar-refractivity contribution in [1.82, 2.24) is 0 Å². The fourth-order valence-electron chi connectivity index (χ4n) is 8.41. The third-order valence-corrected chi connectivity index (χ3v) is 12.5. The van der Waals surface area contributed by atoms with E-state index in [0.29, 0.717) is 44.5 Å². The second kappa shape index (κ2) is 16.5.